The standard InChI is InChI=1S/C20H23NO4/c1-15(20(23)21(2)3)25-19(22)14-24-18-12-8-7-11-17(18)13-16-9-5-4-6-10-16/h4-12,15H,13-14H2,1-3H3. The van der Waals surface area contributed by atoms with Gasteiger partial charge in [0.25, 0.3) is 5.91 Å². The summed E-state index contributed by atoms with van der Waals surface area (Å²) in [7, 11) is 3.23. The molecule has 2 aromatic rings. The second-order valence-corrected chi connectivity index (χ2v) is 5.92. The van der Waals surface area contributed by atoms with Crippen LogP contribution in [0.4, 0.5) is 0 Å². The SMILES string of the molecule is CC(OC(=O)COc1ccccc1Cc1ccccc1)C(=O)N(C)C. The maximum Gasteiger partial charge on any atom is 0.344 e. The second-order valence-electron chi connectivity index (χ2n) is 5.92. The molecule has 0 saturated heterocycles. The molecule has 0 heterocycles. The Morgan fingerprint density at radius 3 is 2.32 bits per heavy atom. The molecule has 1 unspecified atom stereocenters. The lowest BCUT2D eigenvalue weighted by Crippen LogP contribution is -2.35. The lowest BCUT2D eigenvalue weighted by Gasteiger charge is -2.17. The fraction of sp³-hybridized carbons (Fsp3) is 0.300. The third kappa shape index (κ3) is 5.64. The van der Waals surface area contributed by atoms with Crippen LogP contribution in [0.25, 0.3) is 0 Å². The van der Waals surface area contributed by atoms with Crippen LogP contribution in [-0.2, 0) is 20.7 Å². The van der Waals surface area contributed by atoms with E-state index in [2.05, 4.69) is 0 Å². The van der Waals surface area contributed by atoms with Gasteiger partial charge in [0.1, 0.15) is 5.75 Å². The van der Waals surface area contributed by atoms with Gasteiger partial charge in [0.05, 0.1) is 0 Å². The van der Waals surface area contributed by atoms with Gasteiger partial charge in [-0.05, 0) is 24.1 Å². The lowest BCUT2D eigenvalue weighted by molar-refractivity contribution is -0.159. The third-order valence-electron chi connectivity index (χ3n) is 3.65. The van der Waals surface area contributed by atoms with Crippen molar-refractivity contribution in [3.05, 3.63) is 65.7 Å². The van der Waals surface area contributed by atoms with E-state index in [1.165, 1.54) is 4.90 Å². The quantitative estimate of drug-likeness (QED) is 0.727. The van der Waals surface area contributed by atoms with Crippen molar-refractivity contribution in [1.82, 2.24) is 4.90 Å². The van der Waals surface area contributed by atoms with Crippen LogP contribution in [0.2, 0.25) is 0 Å². The number of likely N-dealkylation sites (N-methyl/N-ethyl adjacent to an activating group) is 1. The summed E-state index contributed by atoms with van der Waals surface area (Å²) in [6.07, 6.45) is -0.118. The second kappa shape index (κ2) is 8.87. The molecule has 1 amide bonds. The third-order valence-corrected chi connectivity index (χ3v) is 3.65. The van der Waals surface area contributed by atoms with Gasteiger partial charge in [-0.1, -0.05) is 48.5 Å². The number of carbonyl (C=O) groups is 2. The average molecular weight is 341 g/mol. The Balaban J connectivity index is 1.94. The average Bonchev–Trinajstić information content (AvgIpc) is 2.61. The van der Waals surface area contributed by atoms with Crippen molar-refractivity contribution in [2.45, 2.75) is 19.4 Å². The Hall–Kier alpha value is -2.82. The van der Waals surface area contributed by atoms with E-state index < -0.39 is 12.1 Å². The minimum atomic E-state index is -0.828. The number of hydrogen-bond acceptors (Lipinski definition) is 4. The van der Waals surface area contributed by atoms with Crippen LogP contribution in [0.15, 0.2) is 54.6 Å². The summed E-state index contributed by atoms with van der Waals surface area (Å²) in [6.45, 7) is 1.31. The number of rotatable bonds is 7. The van der Waals surface area contributed by atoms with Crippen molar-refractivity contribution in [3.8, 4) is 5.75 Å². The van der Waals surface area contributed by atoms with Gasteiger partial charge in [0.2, 0.25) is 0 Å². The molecule has 1 atom stereocenters. The maximum absolute atomic E-state index is 11.9. The van der Waals surface area contributed by atoms with Crippen molar-refractivity contribution >= 4 is 11.9 Å². The molecule has 0 aliphatic carbocycles. The van der Waals surface area contributed by atoms with Gasteiger partial charge in [0.15, 0.2) is 12.7 Å². The fourth-order valence-electron chi connectivity index (χ4n) is 2.39. The van der Waals surface area contributed by atoms with E-state index in [4.69, 9.17) is 9.47 Å². The Morgan fingerprint density at radius 1 is 1.00 bits per heavy atom. The zero-order chi connectivity index (χ0) is 18.2. The molecule has 0 radical (unpaired) electrons. The molecule has 0 aliphatic heterocycles. The molecule has 25 heavy (non-hydrogen) atoms. The largest absolute Gasteiger partial charge is 0.482 e. The van der Waals surface area contributed by atoms with E-state index in [1.807, 2.05) is 54.6 Å². The number of carbonyl (C=O) groups excluding carboxylic acids is 2. The predicted octanol–water partition coefficient (Wildman–Crippen LogP) is 2.68. The molecular weight excluding hydrogens is 318 g/mol. The Bertz CT molecular complexity index is 713. The van der Waals surface area contributed by atoms with Crippen LogP contribution in [0, 0.1) is 0 Å². The van der Waals surface area contributed by atoms with Gasteiger partial charge in [-0.15, -0.1) is 0 Å². The van der Waals surface area contributed by atoms with E-state index in [0.29, 0.717) is 12.2 Å². The zero-order valence-corrected chi connectivity index (χ0v) is 14.8. The monoisotopic (exact) mass is 341 g/mol. The first-order valence-corrected chi connectivity index (χ1v) is 8.12. The number of nitrogens with zero attached hydrogens (tertiary/aromatic N) is 1. The molecule has 5 heteroatoms. The van der Waals surface area contributed by atoms with Crippen LogP contribution in [0.3, 0.4) is 0 Å². The van der Waals surface area contributed by atoms with Crippen LogP contribution < -0.4 is 4.74 Å². The molecule has 0 N–H and O–H groups in total. The molecule has 2 rings (SSSR count). The molecule has 2 aromatic carbocycles. The summed E-state index contributed by atoms with van der Waals surface area (Å²) in [4.78, 5) is 25.0. The summed E-state index contributed by atoms with van der Waals surface area (Å²) in [6, 6.07) is 17.6. The molecule has 132 valence electrons. The van der Waals surface area contributed by atoms with E-state index in [-0.39, 0.29) is 12.5 Å². The first-order valence-electron chi connectivity index (χ1n) is 8.12. The first-order chi connectivity index (χ1) is 12.0. The minimum Gasteiger partial charge on any atom is -0.482 e. The van der Waals surface area contributed by atoms with Crippen molar-refractivity contribution in [2.75, 3.05) is 20.7 Å². The smallest absolute Gasteiger partial charge is 0.344 e. The van der Waals surface area contributed by atoms with Crippen LogP contribution in [0.1, 0.15) is 18.1 Å². The number of amides is 1. The van der Waals surface area contributed by atoms with Crippen molar-refractivity contribution < 1.29 is 19.1 Å². The van der Waals surface area contributed by atoms with Gasteiger partial charge in [-0.25, -0.2) is 4.79 Å². The molecule has 5 nitrogen and oxygen atoms in total. The molecular formula is C20H23NO4. The predicted molar refractivity (Wildman–Crippen MR) is 95.4 cm³/mol. The topological polar surface area (TPSA) is 55.8 Å². The minimum absolute atomic E-state index is 0.239. The molecule has 0 bridgehead atoms. The highest BCUT2D eigenvalue weighted by molar-refractivity contribution is 5.83. The number of esters is 1. The highest BCUT2D eigenvalue weighted by Gasteiger charge is 2.19. The summed E-state index contributed by atoms with van der Waals surface area (Å²) in [5.41, 5.74) is 2.14. The molecule has 0 fully saturated rings. The van der Waals surface area contributed by atoms with Gasteiger partial charge >= 0.3 is 5.97 Å². The zero-order valence-electron chi connectivity index (χ0n) is 14.8. The molecule has 0 saturated carbocycles. The highest BCUT2D eigenvalue weighted by Crippen LogP contribution is 2.21. The maximum atomic E-state index is 11.9. The van der Waals surface area contributed by atoms with Gasteiger partial charge in [-0.2, -0.15) is 0 Å². The van der Waals surface area contributed by atoms with Gasteiger partial charge in [0, 0.05) is 20.5 Å². The summed E-state index contributed by atoms with van der Waals surface area (Å²) < 4.78 is 10.7. The summed E-state index contributed by atoms with van der Waals surface area (Å²) in [5, 5.41) is 0. The number of hydrogen-bond donors (Lipinski definition) is 0. The van der Waals surface area contributed by atoms with E-state index >= 15 is 0 Å². The fourth-order valence-corrected chi connectivity index (χ4v) is 2.39. The molecule has 0 spiro atoms. The molecule has 0 aromatic heterocycles. The van der Waals surface area contributed by atoms with Crippen molar-refractivity contribution in [3.63, 3.8) is 0 Å². The highest BCUT2D eigenvalue weighted by atomic mass is 16.6. The van der Waals surface area contributed by atoms with Crippen LogP contribution in [-0.4, -0.2) is 43.6 Å². The summed E-state index contributed by atoms with van der Waals surface area (Å²) >= 11 is 0. The van der Waals surface area contributed by atoms with Crippen molar-refractivity contribution in [2.24, 2.45) is 0 Å². The normalized spacial score (nSPS) is 11.5. The van der Waals surface area contributed by atoms with E-state index in [1.54, 1.807) is 21.0 Å². The van der Waals surface area contributed by atoms with Gasteiger partial charge in [-0.3, -0.25) is 4.79 Å². The number of benzene rings is 2. The first kappa shape index (κ1) is 18.5. The number of para-hydroxylation sites is 1. The van der Waals surface area contributed by atoms with Crippen molar-refractivity contribution in [1.29, 1.82) is 0 Å². The van der Waals surface area contributed by atoms with Gasteiger partial charge < -0.3 is 14.4 Å². The lowest BCUT2D eigenvalue weighted by atomic mass is 10.0. The van der Waals surface area contributed by atoms with E-state index in [0.717, 1.165) is 11.1 Å². The Kier molecular flexibility index (Phi) is 6.57. The van der Waals surface area contributed by atoms with Crippen LogP contribution >= 0.6 is 0 Å². The molecule has 0 aliphatic rings. The summed E-state index contributed by atoms with van der Waals surface area (Å²) in [5.74, 6) is -0.204. The Morgan fingerprint density at radius 2 is 1.64 bits per heavy atom. The van der Waals surface area contributed by atoms with Crippen LogP contribution in [0.5, 0.6) is 5.75 Å². The number of ether oxygens (including phenoxy) is 2. The van der Waals surface area contributed by atoms with E-state index in [9.17, 15) is 9.59 Å². The Labute approximate surface area is 148 Å².